The van der Waals surface area contributed by atoms with Crippen molar-refractivity contribution in [3.05, 3.63) is 95.6 Å². The minimum atomic E-state index is -3.59. The van der Waals surface area contributed by atoms with Crippen LogP contribution in [0.15, 0.2) is 78.9 Å². The number of carbonyl (C=O) groups excluding carboxylic acids is 2. The number of hydrogen-bond acceptors (Lipinski definition) is 5. The maximum Gasteiger partial charge on any atom is 0.243 e. The molecule has 3 rings (SSSR count). The topological polar surface area (TPSA) is 96.0 Å². The van der Waals surface area contributed by atoms with Crippen LogP contribution in [0.1, 0.15) is 42.9 Å². The zero-order valence-corrected chi connectivity index (χ0v) is 25.2. The van der Waals surface area contributed by atoms with Gasteiger partial charge in [-0.2, -0.15) is 0 Å². The lowest BCUT2D eigenvalue weighted by Crippen LogP contribution is -2.50. The maximum atomic E-state index is 13.9. The molecule has 0 aliphatic rings. The first-order valence-electron chi connectivity index (χ1n) is 13.9. The average molecular weight is 580 g/mol. The predicted molar refractivity (Wildman–Crippen MR) is 163 cm³/mol. The number of aryl methyl sites for hydroxylation is 1. The number of methoxy groups -OCH3 is 1. The molecule has 0 heterocycles. The Kier molecular flexibility index (Phi) is 11.8. The molecule has 3 aromatic carbocycles. The van der Waals surface area contributed by atoms with Crippen LogP contribution in [0.2, 0.25) is 0 Å². The lowest BCUT2D eigenvalue weighted by molar-refractivity contribution is -0.141. The molecule has 0 bridgehead atoms. The summed E-state index contributed by atoms with van der Waals surface area (Å²) in [4.78, 5) is 29.0. The van der Waals surface area contributed by atoms with Gasteiger partial charge in [-0.25, -0.2) is 8.42 Å². The van der Waals surface area contributed by atoms with E-state index in [1.807, 2.05) is 68.4 Å². The summed E-state index contributed by atoms with van der Waals surface area (Å²) in [5.74, 6) is 0.213. The highest BCUT2D eigenvalue weighted by atomic mass is 32.2. The fourth-order valence-electron chi connectivity index (χ4n) is 4.68. The van der Waals surface area contributed by atoms with Crippen molar-refractivity contribution in [1.29, 1.82) is 0 Å². The monoisotopic (exact) mass is 579 g/mol. The second-order valence-electron chi connectivity index (χ2n) is 10.1. The zero-order chi connectivity index (χ0) is 29.8. The molecule has 220 valence electrons. The van der Waals surface area contributed by atoms with Crippen LogP contribution in [0.5, 0.6) is 5.75 Å². The Morgan fingerprint density at radius 1 is 0.951 bits per heavy atom. The molecule has 0 unspecified atom stereocenters. The summed E-state index contributed by atoms with van der Waals surface area (Å²) in [7, 11) is -2.04. The van der Waals surface area contributed by atoms with Gasteiger partial charge in [0, 0.05) is 32.5 Å². The van der Waals surface area contributed by atoms with E-state index in [-0.39, 0.29) is 37.7 Å². The number of benzene rings is 3. The molecule has 41 heavy (non-hydrogen) atoms. The van der Waals surface area contributed by atoms with Crippen LogP contribution in [-0.2, 0) is 32.6 Å². The smallest absolute Gasteiger partial charge is 0.243 e. The van der Waals surface area contributed by atoms with Crippen molar-refractivity contribution in [1.82, 2.24) is 10.2 Å². The van der Waals surface area contributed by atoms with Gasteiger partial charge in [-0.1, -0.05) is 67.1 Å². The fraction of sp³-hybridized carbons (Fsp3) is 0.375. The maximum absolute atomic E-state index is 13.9. The molecule has 0 aliphatic heterocycles. The van der Waals surface area contributed by atoms with Crippen LogP contribution < -0.4 is 14.4 Å². The number of nitrogens with one attached hydrogen (secondary N) is 1. The summed E-state index contributed by atoms with van der Waals surface area (Å²) >= 11 is 0. The number of rotatable bonds is 15. The van der Waals surface area contributed by atoms with Crippen molar-refractivity contribution in [2.24, 2.45) is 0 Å². The second-order valence-corrected chi connectivity index (χ2v) is 12.1. The van der Waals surface area contributed by atoms with Crippen LogP contribution in [0, 0.1) is 6.92 Å². The minimum absolute atomic E-state index is 0.0837. The van der Waals surface area contributed by atoms with Crippen LogP contribution in [0.25, 0.3) is 0 Å². The second kappa shape index (κ2) is 15.2. The summed E-state index contributed by atoms with van der Waals surface area (Å²) in [6, 6.07) is 23.6. The molecular formula is C32H41N3O5S. The van der Waals surface area contributed by atoms with E-state index in [1.54, 1.807) is 36.3 Å². The molecule has 9 heteroatoms. The number of anilines is 1. The van der Waals surface area contributed by atoms with Gasteiger partial charge in [0.2, 0.25) is 21.8 Å². The molecule has 0 saturated carbocycles. The Labute approximate surface area is 244 Å². The molecule has 1 N–H and O–H groups in total. The molecule has 8 nitrogen and oxygen atoms in total. The highest BCUT2D eigenvalue weighted by Gasteiger charge is 2.30. The summed E-state index contributed by atoms with van der Waals surface area (Å²) in [6.45, 7) is 4.89. The fourth-order valence-corrected chi connectivity index (χ4v) is 5.64. The third kappa shape index (κ3) is 9.63. The summed E-state index contributed by atoms with van der Waals surface area (Å²) < 4.78 is 31.7. The van der Waals surface area contributed by atoms with Crippen LogP contribution in [0.3, 0.4) is 0 Å². The molecule has 0 aliphatic carbocycles. The standard InChI is InChI=1S/C32H41N3O5S/c1-5-20-33-32(37)30(23-26-12-7-6-8-13-26)34(24-27-14-9-11-25(2)22-27)31(36)15-10-21-35(41(4,38)39)28-16-18-29(40-3)19-17-28/h6-9,11-14,16-19,22,30H,5,10,15,20-21,23-24H2,1-4H3,(H,33,37)/t30-/m0/s1. The molecule has 0 fully saturated rings. The van der Waals surface area contributed by atoms with Crippen molar-refractivity contribution in [2.75, 3.05) is 30.8 Å². The Balaban J connectivity index is 1.86. The first-order chi connectivity index (χ1) is 19.6. The van der Waals surface area contributed by atoms with E-state index in [1.165, 1.54) is 4.31 Å². The van der Waals surface area contributed by atoms with Gasteiger partial charge < -0.3 is 15.0 Å². The largest absolute Gasteiger partial charge is 0.497 e. The third-order valence-electron chi connectivity index (χ3n) is 6.77. The van der Waals surface area contributed by atoms with E-state index >= 15 is 0 Å². The lowest BCUT2D eigenvalue weighted by Gasteiger charge is -2.32. The quantitative estimate of drug-likeness (QED) is 0.281. The lowest BCUT2D eigenvalue weighted by atomic mass is 10.0. The van der Waals surface area contributed by atoms with E-state index in [0.29, 0.717) is 24.4 Å². The van der Waals surface area contributed by atoms with Gasteiger partial charge in [-0.3, -0.25) is 13.9 Å². The van der Waals surface area contributed by atoms with Crippen LogP contribution in [0.4, 0.5) is 5.69 Å². The molecule has 0 aromatic heterocycles. The normalized spacial score (nSPS) is 11.9. The summed E-state index contributed by atoms with van der Waals surface area (Å²) in [6.07, 6.45) is 2.67. The van der Waals surface area contributed by atoms with Crippen LogP contribution >= 0.6 is 0 Å². The number of carbonyl (C=O) groups is 2. The third-order valence-corrected chi connectivity index (χ3v) is 7.96. The molecule has 0 saturated heterocycles. The first-order valence-corrected chi connectivity index (χ1v) is 15.8. The van der Waals surface area contributed by atoms with E-state index in [4.69, 9.17) is 4.74 Å². The minimum Gasteiger partial charge on any atom is -0.497 e. The summed E-state index contributed by atoms with van der Waals surface area (Å²) in [5.41, 5.74) is 3.44. The van der Waals surface area contributed by atoms with Gasteiger partial charge in [0.15, 0.2) is 0 Å². The number of hydrogen-bond donors (Lipinski definition) is 1. The van der Waals surface area contributed by atoms with Crippen molar-refractivity contribution >= 4 is 27.5 Å². The van der Waals surface area contributed by atoms with E-state index in [2.05, 4.69) is 5.32 Å². The molecule has 2 amide bonds. The van der Waals surface area contributed by atoms with Gasteiger partial charge in [0.05, 0.1) is 19.1 Å². The van der Waals surface area contributed by atoms with Gasteiger partial charge in [0.25, 0.3) is 0 Å². The Bertz CT molecular complexity index is 1380. The highest BCUT2D eigenvalue weighted by molar-refractivity contribution is 7.92. The highest BCUT2D eigenvalue weighted by Crippen LogP contribution is 2.23. The van der Waals surface area contributed by atoms with Gasteiger partial charge in [-0.15, -0.1) is 0 Å². The SMILES string of the molecule is CCCNC(=O)[C@H](Cc1ccccc1)N(Cc1cccc(C)c1)C(=O)CCCN(c1ccc(OC)cc1)S(C)(=O)=O. The van der Waals surface area contributed by atoms with Crippen molar-refractivity contribution < 1.29 is 22.7 Å². The molecular weight excluding hydrogens is 538 g/mol. The molecule has 0 spiro atoms. The Hall–Kier alpha value is -3.85. The molecule has 3 aromatic rings. The number of amides is 2. The van der Waals surface area contributed by atoms with Crippen LogP contribution in [-0.4, -0.2) is 57.6 Å². The number of ether oxygens (including phenoxy) is 1. The van der Waals surface area contributed by atoms with Crippen molar-refractivity contribution in [3.8, 4) is 5.75 Å². The zero-order valence-electron chi connectivity index (χ0n) is 24.4. The van der Waals surface area contributed by atoms with Crippen molar-refractivity contribution in [3.63, 3.8) is 0 Å². The van der Waals surface area contributed by atoms with Gasteiger partial charge >= 0.3 is 0 Å². The van der Waals surface area contributed by atoms with E-state index in [9.17, 15) is 18.0 Å². The van der Waals surface area contributed by atoms with Crippen molar-refractivity contribution in [2.45, 2.75) is 52.1 Å². The Morgan fingerprint density at radius 2 is 1.63 bits per heavy atom. The van der Waals surface area contributed by atoms with Gasteiger partial charge in [-0.05, 0) is 55.2 Å². The Morgan fingerprint density at radius 3 is 2.24 bits per heavy atom. The van der Waals surface area contributed by atoms with E-state index < -0.39 is 16.1 Å². The number of nitrogens with zero attached hydrogens (tertiary/aromatic N) is 2. The number of sulfonamides is 1. The average Bonchev–Trinajstić information content (AvgIpc) is 2.95. The summed E-state index contributed by atoms with van der Waals surface area (Å²) in [5, 5.41) is 2.98. The molecule has 0 radical (unpaired) electrons. The molecule has 1 atom stereocenters. The van der Waals surface area contributed by atoms with Gasteiger partial charge in [0.1, 0.15) is 11.8 Å². The predicted octanol–water partition coefficient (Wildman–Crippen LogP) is 4.72. The first kappa shape index (κ1) is 31.7. The van der Waals surface area contributed by atoms with E-state index in [0.717, 1.165) is 29.4 Å².